The standard InChI is InChI=1S/C21H22N4O5S/c26-18(9-10-25-21(28)30-20(24-25)17-8-4-12-31-17)23-16-7-2-1-6-15(16)19(27)22-13-14-5-3-11-29-14/h1-2,4,6-8,12,14H,3,5,9-11,13H2,(H,22,27)(H,23,26)/t14-/m0/s1. The number of para-hydroxylation sites is 1. The van der Waals surface area contributed by atoms with Crippen LogP contribution in [0.15, 0.2) is 51.0 Å². The second kappa shape index (κ2) is 9.71. The van der Waals surface area contributed by atoms with Gasteiger partial charge in [-0.3, -0.25) is 9.59 Å². The summed E-state index contributed by atoms with van der Waals surface area (Å²) in [6.07, 6.45) is 1.96. The summed E-state index contributed by atoms with van der Waals surface area (Å²) in [5.41, 5.74) is 0.775. The zero-order valence-corrected chi connectivity index (χ0v) is 17.5. The molecule has 1 saturated heterocycles. The highest BCUT2D eigenvalue weighted by Gasteiger charge is 2.19. The van der Waals surface area contributed by atoms with E-state index in [-0.39, 0.29) is 36.8 Å². The van der Waals surface area contributed by atoms with Gasteiger partial charge in [0.25, 0.3) is 11.8 Å². The van der Waals surface area contributed by atoms with E-state index in [4.69, 9.17) is 9.15 Å². The molecule has 2 N–H and O–H groups in total. The summed E-state index contributed by atoms with van der Waals surface area (Å²) in [5, 5.41) is 11.6. The molecule has 0 saturated carbocycles. The third kappa shape index (κ3) is 5.28. The minimum absolute atomic E-state index is 0.00217. The largest absolute Gasteiger partial charge is 0.437 e. The highest BCUT2D eigenvalue weighted by molar-refractivity contribution is 7.13. The lowest BCUT2D eigenvalue weighted by Crippen LogP contribution is -2.32. The summed E-state index contributed by atoms with van der Waals surface area (Å²) in [7, 11) is 0. The fourth-order valence-electron chi connectivity index (χ4n) is 3.26. The number of aromatic nitrogens is 2. The molecule has 0 bridgehead atoms. The Morgan fingerprint density at radius 2 is 2.10 bits per heavy atom. The van der Waals surface area contributed by atoms with Gasteiger partial charge in [0, 0.05) is 19.6 Å². The SMILES string of the molecule is O=C(CCn1nc(-c2cccs2)oc1=O)Nc1ccccc1C(=O)NC[C@@H]1CCCO1. The van der Waals surface area contributed by atoms with E-state index in [2.05, 4.69) is 15.7 Å². The van der Waals surface area contributed by atoms with Crippen LogP contribution in [0.2, 0.25) is 0 Å². The lowest BCUT2D eigenvalue weighted by atomic mass is 10.1. The molecule has 3 aromatic rings. The maximum absolute atomic E-state index is 12.6. The van der Waals surface area contributed by atoms with E-state index in [9.17, 15) is 14.4 Å². The molecule has 1 atom stereocenters. The average molecular weight is 442 g/mol. The number of benzene rings is 1. The Hall–Kier alpha value is -3.24. The summed E-state index contributed by atoms with van der Waals surface area (Å²) in [5.74, 6) is -1.01. The van der Waals surface area contributed by atoms with Crippen molar-refractivity contribution in [1.82, 2.24) is 15.1 Å². The molecule has 10 heteroatoms. The van der Waals surface area contributed by atoms with Crippen LogP contribution in [0.4, 0.5) is 5.69 Å². The molecule has 2 amide bonds. The molecule has 9 nitrogen and oxygen atoms in total. The fourth-order valence-corrected chi connectivity index (χ4v) is 3.91. The number of nitrogens with zero attached hydrogens (tertiary/aromatic N) is 2. The van der Waals surface area contributed by atoms with Crippen molar-refractivity contribution < 1.29 is 18.7 Å². The van der Waals surface area contributed by atoms with Gasteiger partial charge in [-0.2, -0.15) is 4.68 Å². The Bertz CT molecular complexity index is 1100. The number of amides is 2. The molecule has 3 heterocycles. The topological polar surface area (TPSA) is 115 Å². The molecule has 1 aliphatic heterocycles. The van der Waals surface area contributed by atoms with Crippen LogP contribution in [0.5, 0.6) is 0 Å². The van der Waals surface area contributed by atoms with Crippen LogP contribution in [0, 0.1) is 0 Å². The van der Waals surface area contributed by atoms with Gasteiger partial charge in [-0.25, -0.2) is 4.79 Å². The third-order valence-corrected chi connectivity index (χ3v) is 5.71. The molecule has 0 unspecified atom stereocenters. The Labute approximate surface area is 182 Å². The summed E-state index contributed by atoms with van der Waals surface area (Å²) in [6, 6.07) is 10.4. The van der Waals surface area contributed by atoms with Crippen LogP contribution in [0.1, 0.15) is 29.6 Å². The molecule has 162 valence electrons. The number of aryl methyl sites for hydroxylation is 1. The minimum atomic E-state index is -0.620. The maximum Gasteiger partial charge on any atom is 0.437 e. The second-order valence-corrected chi connectivity index (χ2v) is 8.01. The van der Waals surface area contributed by atoms with E-state index < -0.39 is 5.76 Å². The van der Waals surface area contributed by atoms with E-state index in [1.165, 1.54) is 11.3 Å². The zero-order chi connectivity index (χ0) is 21.6. The molecule has 0 spiro atoms. The molecule has 4 rings (SSSR count). The number of hydrogen-bond acceptors (Lipinski definition) is 7. The van der Waals surface area contributed by atoms with Gasteiger partial charge in [-0.05, 0) is 36.4 Å². The zero-order valence-electron chi connectivity index (χ0n) is 16.7. The van der Waals surface area contributed by atoms with Crippen molar-refractivity contribution in [1.29, 1.82) is 0 Å². The molecule has 31 heavy (non-hydrogen) atoms. The number of rotatable bonds is 8. The molecule has 1 fully saturated rings. The lowest BCUT2D eigenvalue weighted by Gasteiger charge is -2.13. The van der Waals surface area contributed by atoms with E-state index in [1.54, 1.807) is 30.3 Å². The van der Waals surface area contributed by atoms with Gasteiger partial charge in [0.05, 0.1) is 28.8 Å². The van der Waals surface area contributed by atoms with Crippen molar-refractivity contribution in [2.24, 2.45) is 0 Å². The Balaban J connectivity index is 1.34. The first-order chi connectivity index (χ1) is 15.1. The number of carbonyl (C=O) groups is 2. The number of hydrogen-bond donors (Lipinski definition) is 2. The van der Waals surface area contributed by atoms with Gasteiger partial charge in [-0.1, -0.05) is 18.2 Å². The Morgan fingerprint density at radius 1 is 1.23 bits per heavy atom. The summed E-state index contributed by atoms with van der Waals surface area (Å²) >= 11 is 1.41. The lowest BCUT2D eigenvalue weighted by molar-refractivity contribution is -0.116. The van der Waals surface area contributed by atoms with E-state index in [1.807, 2.05) is 11.4 Å². The van der Waals surface area contributed by atoms with Crippen LogP contribution in [-0.2, 0) is 16.1 Å². The summed E-state index contributed by atoms with van der Waals surface area (Å²) < 4.78 is 11.8. The van der Waals surface area contributed by atoms with Crippen molar-refractivity contribution >= 4 is 28.8 Å². The number of nitrogens with one attached hydrogen (secondary N) is 2. The fraction of sp³-hybridized carbons (Fsp3) is 0.333. The first kappa shape index (κ1) is 21.0. The van der Waals surface area contributed by atoms with Crippen LogP contribution in [0.25, 0.3) is 10.8 Å². The minimum Gasteiger partial charge on any atom is -0.387 e. The first-order valence-corrected chi connectivity index (χ1v) is 10.9. The van der Waals surface area contributed by atoms with Crippen molar-refractivity contribution in [3.63, 3.8) is 0 Å². The monoisotopic (exact) mass is 442 g/mol. The number of ether oxygens (including phenoxy) is 1. The normalized spacial score (nSPS) is 15.7. The number of anilines is 1. The Kier molecular flexibility index (Phi) is 6.58. The van der Waals surface area contributed by atoms with Gasteiger partial charge in [0.1, 0.15) is 0 Å². The Morgan fingerprint density at radius 3 is 2.87 bits per heavy atom. The van der Waals surface area contributed by atoms with E-state index in [0.29, 0.717) is 17.8 Å². The van der Waals surface area contributed by atoms with Crippen LogP contribution in [-0.4, -0.2) is 40.9 Å². The molecular weight excluding hydrogens is 420 g/mol. The third-order valence-electron chi connectivity index (χ3n) is 4.85. The number of carbonyl (C=O) groups excluding carboxylic acids is 2. The first-order valence-electron chi connectivity index (χ1n) is 10.0. The van der Waals surface area contributed by atoms with Crippen molar-refractivity contribution in [2.75, 3.05) is 18.5 Å². The molecule has 1 aliphatic rings. The van der Waals surface area contributed by atoms with Crippen LogP contribution >= 0.6 is 11.3 Å². The van der Waals surface area contributed by atoms with Crippen molar-refractivity contribution in [3.8, 4) is 10.8 Å². The van der Waals surface area contributed by atoms with Gasteiger partial charge in [0.15, 0.2) is 0 Å². The van der Waals surface area contributed by atoms with Crippen LogP contribution in [0.3, 0.4) is 0 Å². The van der Waals surface area contributed by atoms with Crippen LogP contribution < -0.4 is 16.4 Å². The van der Waals surface area contributed by atoms with Gasteiger partial charge in [0.2, 0.25) is 5.91 Å². The van der Waals surface area contributed by atoms with Gasteiger partial charge in [-0.15, -0.1) is 16.4 Å². The average Bonchev–Trinajstić information content (AvgIpc) is 3.53. The summed E-state index contributed by atoms with van der Waals surface area (Å²) in [4.78, 5) is 37.7. The maximum atomic E-state index is 12.6. The van der Waals surface area contributed by atoms with Crippen molar-refractivity contribution in [2.45, 2.75) is 31.9 Å². The molecular formula is C21H22N4O5S. The van der Waals surface area contributed by atoms with Gasteiger partial charge >= 0.3 is 5.76 Å². The van der Waals surface area contributed by atoms with E-state index >= 15 is 0 Å². The molecule has 2 aromatic heterocycles. The van der Waals surface area contributed by atoms with Crippen molar-refractivity contribution in [3.05, 3.63) is 57.9 Å². The smallest absolute Gasteiger partial charge is 0.387 e. The molecule has 1 aromatic carbocycles. The highest BCUT2D eigenvalue weighted by Crippen LogP contribution is 2.21. The van der Waals surface area contributed by atoms with Gasteiger partial charge < -0.3 is 19.8 Å². The highest BCUT2D eigenvalue weighted by atomic mass is 32.1. The second-order valence-electron chi connectivity index (χ2n) is 7.06. The number of thiophene rings is 1. The quantitative estimate of drug-likeness (QED) is 0.554. The predicted octanol–water partition coefficient (Wildman–Crippen LogP) is 2.50. The predicted molar refractivity (Wildman–Crippen MR) is 115 cm³/mol. The molecule has 0 aliphatic carbocycles. The summed E-state index contributed by atoms with van der Waals surface area (Å²) in [6.45, 7) is 1.21. The molecule has 0 radical (unpaired) electrons. The van der Waals surface area contributed by atoms with E-state index in [0.717, 1.165) is 29.0 Å².